The molecule has 0 fully saturated rings. The van der Waals surface area contributed by atoms with Crippen LogP contribution in [-0.4, -0.2) is 19.9 Å². The summed E-state index contributed by atoms with van der Waals surface area (Å²) in [6, 6.07) is 0. The average Bonchev–Trinajstić information content (AvgIpc) is 2.84. The number of halogens is 2. The summed E-state index contributed by atoms with van der Waals surface area (Å²) in [6.07, 6.45) is -0.833. The van der Waals surface area contributed by atoms with Crippen LogP contribution in [0.1, 0.15) is 42.1 Å². The molecule has 0 radical (unpaired) electrons. The molecule has 0 amide bonds. The highest BCUT2D eigenvalue weighted by molar-refractivity contribution is 9.10. The van der Waals surface area contributed by atoms with Crippen molar-refractivity contribution in [1.82, 2.24) is 14.8 Å². The second-order valence-electron chi connectivity index (χ2n) is 4.28. The van der Waals surface area contributed by atoms with Gasteiger partial charge in [-0.05, 0) is 21.8 Å². The predicted octanol–water partition coefficient (Wildman–Crippen LogP) is 3.50. The van der Waals surface area contributed by atoms with Gasteiger partial charge in [-0.3, -0.25) is 4.68 Å². The number of hydrogen-bond acceptors (Lipinski definition) is 4. The zero-order chi connectivity index (χ0) is 13.4. The van der Waals surface area contributed by atoms with Gasteiger partial charge in [0.1, 0.15) is 20.9 Å². The van der Waals surface area contributed by atoms with E-state index in [4.69, 9.17) is 11.6 Å². The van der Waals surface area contributed by atoms with Crippen LogP contribution in [0.15, 0.2) is 9.98 Å². The molecule has 0 saturated carbocycles. The second kappa shape index (κ2) is 5.28. The standard InChI is InChI=1S/C11H13BrClN3OS/c1-5(2)8-7(10(13)16(3)15-8)9(17)11-14-6(12)4-18-11/h4-5,9,17H,1-3H3. The molecule has 0 aliphatic carbocycles. The van der Waals surface area contributed by atoms with Crippen LogP contribution in [-0.2, 0) is 7.05 Å². The van der Waals surface area contributed by atoms with E-state index in [1.807, 2.05) is 19.2 Å². The van der Waals surface area contributed by atoms with Gasteiger partial charge in [0.05, 0.1) is 5.69 Å². The van der Waals surface area contributed by atoms with Crippen LogP contribution in [0.25, 0.3) is 0 Å². The van der Waals surface area contributed by atoms with Crippen molar-refractivity contribution >= 4 is 38.9 Å². The third-order valence-electron chi connectivity index (χ3n) is 2.59. The lowest BCUT2D eigenvalue weighted by Crippen LogP contribution is -2.03. The van der Waals surface area contributed by atoms with Gasteiger partial charge in [-0.25, -0.2) is 4.98 Å². The number of aliphatic hydroxyl groups excluding tert-OH is 1. The van der Waals surface area contributed by atoms with E-state index >= 15 is 0 Å². The van der Waals surface area contributed by atoms with Gasteiger partial charge < -0.3 is 5.11 Å². The maximum atomic E-state index is 10.4. The number of nitrogens with zero attached hydrogens (tertiary/aromatic N) is 3. The summed E-state index contributed by atoms with van der Waals surface area (Å²) in [5, 5.41) is 17.7. The Kier molecular flexibility index (Phi) is 4.11. The van der Waals surface area contributed by atoms with Crippen LogP contribution >= 0.6 is 38.9 Å². The zero-order valence-electron chi connectivity index (χ0n) is 10.2. The van der Waals surface area contributed by atoms with E-state index in [1.165, 1.54) is 11.3 Å². The third-order valence-corrected chi connectivity index (χ3v) is 4.64. The molecule has 0 aliphatic rings. The summed E-state index contributed by atoms with van der Waals surface area (Å²) in [7, 11) is 1.77. The van der Waals surface area contributed by atoms with E-state index in [2.05, 4.69) is 26.0 Å². The molecule has 0 aromatic carbocycles. The summed E-state index contributed by atoms with van der Waals surface area (Å²) in [6.45, 7) is 4.04. The van der Waals surface area contributed by atoms with Crippen LogP contribution in [0.2, 0.25) is 5.15 Å². The van der Waals surface area contributed by atoms with Gasteiger partial charge in [0.15, 0.2) is 0 Å². The molecule has 2 aromatic rings. The summed E-state index contributed by atoms with van der Waals surface area (Å²) in [5.74, 6) is 0.191. The Balaban J connectivity index is 2.50. The minimum Gasteiger partial charge on any atom is -0.381 e. The summed E-state index contributed by atoms with van der Waals surface area (Å²) < 4.78 is 2.30. The van der Waals surface area contributed by atoms with E-state index in [-0.39, 0.29) is 5.92 Å². The lowest BCUT2D eigenvalue weighted by Gasteiger charge is -2.10. The fourth-order valence-electron chi connectivity index (χ4n) is 1.73. The van der Waals surface area contributed by atoms with E-state index in [0.29, 0.717) is 20.3 Å². The molecule has 98 valence electrons. The van der Waals surface area contributed by atoms with Crippen molar-refractivity contribution in [1.29, 1.82) is 0 Å². The Morgan fingerprint density at radius 1 is 1.50 bits per heavy atom. The number of thiazole rings is 1. The molecule has 4 nitrogen and oxygen atoms in total. The Labute approximate surface area is 123 Å². The highest BCUT2D eigenvalue weighted by Crippen LogP contribution is 2.35. The van der Waals surface area contributed by atoms with Crippen molar-refractivity contribution in [3.8, 4) is 0 Å². The van der Waals surface area contributed by atoms with Gasteiger partial charge in [-0.1, -0.05) is 25.4 Å². The number of aliphatic hydroxyl groups is 1. The third kappa shape index (κ3) is 2.47. The first-order chi connectivity index (χ1) is 8.41. The largest absolute Gasteiger partial charge is 0.381 e. The van der Waals surface area contributed by atoms with Crippen molar-refractivity contribution in [2.75, 3.05) is 0 Å². The van der Waals surface area contributed by atoms with Gasteiger partial charge in [0, 0.05) is 18.0 Å². The molecule has 0 spiro atoms. The highest BCUT2D eigenvalue weighted by atomic mass is 79.9. The normalized spacial score (nSPS) is 13.3. The van der Waals surface area contributed by atoms with Crippen molar-refractivity contribution in [3.05, 3.63) is 31.4 Å². The molecule has 0 saturated heterocycles. The SMILES string of the molecule is CC(C)c1nn(C)c(Cl)c1C(O)c1nc(Br)cs1. The number of aromatic nitrogens is 3. The monoisotopic (exact) mass is 349 g/mol. The van der Waals surface area contributed by atoms with Gasteiger partial charge in [0.2, 0.25) is 0 Å². The van der Waals surface area contributed by atoms with Crippen LogP contribution in [0.5, 0.6) is 0 Å². The first-order valence-corrected chi connectivity index (χ1v) is 7.48. The number of rotatable bonds is 3. The molecule has 18 heavy (non-hydrogen) atoms. The summed E-state index contributed by atoms with van der Waals surface area (Å²) in [5.41, 5.74) is 1.46. The van der Waals surface area contributed by atoms with Crippen LogP contribution < -0.4 is 0 Å². The van der Waals surface area contributed by atoms with Gasteiger partial charge in [0.25, 0.3) is 0 Å². The van der Waals surface area contributed by atoms with Crippen LogP contribution in [0.4, 0.5) is 0 Å². The molecular formula is C11H13BrClN3OS. The molecular weight excluding hydrogens is 338 g/mol. The second-order valence-corrected chi connectivity index (χ2v) is 6.34. The van der Waals surface area contributed by atoms with Crippen molar-refractivity contribution in [2.24, 2.45) is 7.05 Å². The maximum absolute atomic E-state index is 10.4. The Morgan fingerprint density at radius 3 is 2.67 bits per heavy atom. The maximum Gasteiger partial charge on any atom is 0.135 e. The average molecular weight is 351 g/mol. The van der Waals surface area contributed by atoms with E-state index in [0.717, 1.165) is 5.69 Å². The van der Waals surface area contributed by atoms with Gasteiger partial charge in [-0.15, -0.1) is 11.3 Å². The lowest BCUT2D eigenvalue weighted by molar-refractivity contribution is 0.218. The van der Waals surface area contributed by atoms with Crippen molar-refractivity contribution < 1.29 is 5.11 Å². The molecule has 2 rings (SSSR count). The Hall–Kier alpha value is -0.430. The van der Waals surface area contributed by atoms with Crippen molar-refractivity contribution in [3.63, 3.8) is 0 Å². The minimum atomic E-state index is -0.833. The molecule has 2 heterocycles. The molecule has 1 unspecified atom stereocenters. The number of hydrogen-bond donors (Lipinski definition) is 1. The smallest absolute Gasteiger partial charge is 0.135 e. The first-order valence-electron chi connectivity index (χ1n) is 5.43. The highest BCUT2D eigenvalue weighted by Gasteiger charge is 2.26. The zero-order valence-corrected chi connectivity index (χ0v) is 13.3. The summed E-state index contributed by atoms with van der Waals surface area (Å²) in [4.78, 5) is 4.23. The lowest BCUT2D eigenvalue weighted by atomic mass is 10.0. The van der Waals surface area contributed by atoms with E-state index < -0.39 is 6.10 Å². The quantitative estimate of drug-likeness (QED) is 0.922. The minimum absolute atomic E-state index is 0.191. The van der Waals surface area contributed by atoms with E-state index in [1.54, 1.807) is 11.7 Å². The summed E-state index contributed by atoms with van der Waals surface area (Å²) >= 11 is 10.9. The molecule has 2 aromatic heterocycles. The predicted molar refractivity (Wildman–Crippen MR) is 76.2 cm³/mol. The molecule has 1 atom stereocenters. The Morgan fingerprint density at radius 2 is 2.17 bits per heavy atom. The van der Waals surface area contributed by atoms with Gasteiger partial charge >= 0.3 is 0 Å². The molecule has 7 heteroatoms. The molecule has 0 aliphatic heterocycles. The van der Waals surface area contributed by atoms with Crippen molar-refractivity contribution in [2.45, 2.75) is 25.9 Å². The van der Waals surface area contributed by atoms with Crippen LogP contribution in [0, 0.1) is 0 Å². The first kappa shape index (κ1) is 14.0. The fraction of sp³-hybridized carbons (Fsp3) is 0.455. The molecule has 0 bridgehead atoms. The van der Waals surface area contributed by atoms with Gasteiger partial charge in [-0.2, -0.15) is 5.10 Å². The fourth-order valence-corrected chi connectivity index (χ4v) is 3.23. The van der Waals surface area contributed by atoms with Crippen LogP contribution in [0.3, 0.4) is 0 Å². The number of aryl methyl sites for hydroxylation is 1. The molecule has 1 N–H and O–H groups in total. The Bertz CT molecular complexity index is 567. The van der Waals surface area contributed by atoms with E-state index in [9.17, 15) is 5.11 Å². The topological polar surface area (TPSA) is 50.9 Å².